The maximum absolute atomic E-state index is 12.3. The van der Waals surface area contributed by atoms with Gasteiger partial charge >= 0.3 is 0 Å². The molecule has 1 amide bonds. The SMILES string of the molecule is Cc1nnnn1-c1cccc(NC(=O)C2CCNC2C)c1. The summed E-state index contributed by atoms with van der Waals surface area (Å²) in [5.74, 6) is 0.772. The zero-order valence-corrected chi connectivity index (χ0v) is 12.1. The molecule has 21 heavy (non-hydrogen) atoms. The van der Waals surface area contributed by atoms with E-state index in [4.69, 9.17) is 0 Å². The molecule has 2 heterocycles. The monoisotopic (exact) mass is 286 g/mol. The number of amides is 1. The molecule has 2 aromatic rings. The van der Waals surface area contributed by atoms with Gasteiger partial charge in [-0.05, 0) is 55.4 Å². The predicted molar refractivity (Wildman–Crippen MR) is 78.1 cm³/mol. The summed E-state index contributed by atoms with van der Waals surface area (Å²) in [6.07, 6.45) is 0.874. The van der Waals surface area contributed by atoms with Crippen molar-refractivity contribution in [1.82, 2.24) is 25.5 Å². The lowest BCUT2D eigenvalue weighted by atomic mass is 10.0. The van der Waals surface area contributed by atoms with E-state index >= 15 is 0 Å². The molecule has 110 valence electrons. The third kappa shape index (κ3) is 2.78. The molecule has 2 unspecified atom stereocenters. The summed E-state index contributed by atoms with van der Waals surface area (Å²) >= 11 is 0. The molecule has 1 fully saturated rings. The molecule has 2 atom stereocenters. The molecular formula is C14H18N6O. The minimum Gasteiger partial charge on any atom is -0.326 e. The largest absolute Gasteiger partial charge is 0.326 e. The van der Waals surface area contributed by atoms with Crippen molar-refractivity contribution in [1.29, 1.82) is 0 Å². The van der Waals surface area contributed by atoms with Gasteiger partial charge in [-0.25, -0.2) is 0 Å². The predicted octanol–water partition coefficient (Wildman–Crippen LogP) is 0.907. The number of hydrogen-bond donors (Lipinski definition) is 2. The van der Waals surface area contributed by atoms with Gasteiger partial charge in [0.1, 0.15) is 0 Å². The number of tetrazole rings is 1. The number of aromatic nitrogens is 4. The van der Waals surface area contributed by atoms with Gasteiger partial charge in [-0.2, -0.15) is 4.68 Å². The molecule has 7 nitrogen and oxygen atoms in total. The summed E-state index contributed by atoms with van der Waals surface area (Å²) in [5, 5.41) is 17.7. The zero-order valence-electron chi connectivity index (χ0n) is 12.1. The van der Waals surface area contributed by atoms with E-state index in [-0.39, 0.29) is 17.9 Å². The van der Waals surface area contributed by atoms with Crippen LogP contribution in [0.25, 0.3) is 5.69 Å². The highest BCUT2D eigenvalue weighted by Crippen LogP contribution is 2.19. The van der Waals surface area contributed by atoms with Crippen LogP contribution < -0.4 is 10.6 Å². The Bertz CT molecular complexity index is 652. The van der Waals surface area contributed by atoms with Crippen LogP contribution in [0.2, 0.25) is 0 Å². The van der Waals surface area contributed by atoms with Gasteiger partial charge < -0.3 is 10.6 Å². The van der Waals surface area contributed by atoms with E-state index in [2.05, 4.69) is 26.2 Å². The number of benzene rings is 1. The average molecular weight is 286 g/mol. The maximum atomic E-state index is 12.3. The molecule has 0 radical (unpaired) electrons. The molecule has 0 bridgehead atoms. The van der Waals surface area contributed by atoms with Crippen molar-refractivity contribution in [2.75, 3.05) is 11.9 Å². The molecule has 1 saturated heterocycles. The molecule has 0 saturated carbocycles. The highest BCUT2D eigenvalue weighted by atomic mass is 16.1. The number of anilines is 1. The minimum atomic E-state index is 0.0171. The zero-order chi connectivity index (χ0) is 14.8. The van der Waals surface area contributed by atoms with Crippen LogP contribution in [0.1, 0.15) is 19.2 Å². The van der Waals surface area contributed by atoms with Gasteiger partial charge in [-0.1, -0.05) is 6.07 Å². The highest BCUT2D eigenvalue weighted by molar-refractivity contribution is 5.93. The third-order valence-corrected chi connectivity index (χ3v) is 3.85. The Morgan fingerprint density at radius 2 is 2.33 bits per heavy atom. The lowest BCUT2D eigenvalue weighted by Gasteiger charge is -2.15. The average Bonchev–Trinajstić information content (AvgIpc) is 3.07. The van der Waals surface area contributed by atoms with Crippen molar-refractivity contribution in [2.45, 2.75) is 26.3 Å². The molecule has 0 spiro atoms. The van der Waals surface area contributed by atoms with Gasteiger partial charge in [0, 0.05) is 11.7 Å². The smallest absolute Gasteiger partial charge is 0.229 e. The summed E-state index contributed by atoms with van der Waals surface area (Å²) in [6, 6.07) is 7.74. The summed E-state index contributed by atoms with van der Waals surface area (Å²) in [5.41, 5.74) is 1.58. The quantitative estimate of drug-likeness (QED) is 0.876. The second-order valence-electron chi connectivity index (χ2n) is 5.32. The first-order valence-electron chi connectivity index (χ1n) is 7.05. The van der Waals surface area contributed by atoms with E-state index in [9.17, 15) is 4.79 Å². The van der Waals surface area contributed by atoms with Crippen LogP contribution in [0.5, 0.6) is 0 Å². The third-order valence-electron chi connectivity index (χ3n) is 3.85. The molecular weight excluding hydrogens is 268 g/mol. The number of hydrogen-bond acceptors (Lipinski definition) is 5. The van der Waals surface area contributed by atoms with Crippen LogP contribution in [0.15, 0.2) is 24.3 Å². The summed E-state index contributed by atoms with van der Waals surface area (Å²) in [7, 11) is 0. The number of carbonyl (C=O) groups is 1. The molecule has 1 aromatic heterocycles. The standard InChI is InChI=1S/C14H18N6O/c1-9-13(6-7-15-9)14(21)16-11-4-3-5-12(8-11)20-10(2)17-18-19-20/h3-5,8-9,13,15H,6-7H2,1-2H3,(H,16,21). The van der Waals surface area contributed by atoms with E-state index in [0.717, 1.165) is 24.3 Å². The van der Waals surface area contributed by atoms with Gasteiger partial charge in [-0.15, -0.1) is 5.10 Å². The normalized spacial score (nSPS) is 21.4. The Labute approximate surface area is 122 Å². The summed E-state index contributed by atoms with van der Waals surface area (Å²) in [6.45, 7) is 4.76. The van der Waals surface area contributed by atoms with E-state index in [1.165, 1.54) is 0 Å². The van der Waals surface area contributed by atoms with Crippen LogP contribution in [0.3, 0.4) is 0 Å². The lowest BCUT2D eigenvalue weighted by molar-refractivity contribution is -0.119. The summed E-state index contributed by atoms with van der Waals surface area (Å²) < 4.78 is 1.63. The second-order valence-corrected chi connectivity index (χ2v) is 5.32. The van der Waals surface area contributed by atoms with Crippen molar-refractivity contribution in [3.8, 4) is 5.69 Å². The number of rotatable bonds is 3. The van der Waals surface area contributed by atoms with Crippen LogP contribution in [0, 0.1) is 12.8 Å². The van der Waals surface area contributed by atoms with E-state index in [0.29, 0.717) is 5.82 Å². The molecule has 7 heteroatoms. The highest BCUT2D eigenvalue weighted by Gasteiger charge is 2.29. The first-order chi connectivity index (χ1) is 10.1. The van der Waals surface area contributed by atoms with Crippen molar-refractivity contribution in [3.63, 3.8) is 0 Å². The Morgan fingerprint density at radius 1 is 1.48 bits per heavy atom. The molecule has 2 N–H and O–H groups in total. The number of nitrogens with zero attached hydrogens (tertiary/aromatic N) is 4. The fraction of sp³-hybridized carbons (Fsp3) is 0.429. The molecule has 1 aliphatic heterocycles. The van der Waals surface area contributed by atoms with Gasteiger partial charge in [0.25, 0.3) is 0 Å². The van der Waals surface area contributed by atoms with E-state index in [1.807, 2.05) is 38.1 Å². The number of carbonyl (C=O) groups excluding carboxylic acids is 1. The van der Waals surface area contributed by atoms with E-state index in [1.54, 1.807) is 4.68 Å². The number of aryl methyl sites for hydroxylation is 1. The van der Waals surface area contributed by atoms with Crippen molar-refractivity contribution >= 4 is 11.6 Å². The Hall–Kier alpha value is -2.28. The van der Waals surface area contributed by atoms with Gasteiger partial charge in [0.05, 0.1) is 11.6 Å². The van der Waals surface area contributed by atoms with Crippen LogP contribution in [0.4, 0.5) is 5.69 Å². The molecule has 1 aromatic carbocycles. The first-order valence-corrected chi connectivity index (χ1v) is 7.05. The fourth-order valence-corrected chi connectivity index (χ4v) is 2.64. The van der Waals surface area contributed by atoms with Gasteiger partial charge in [0.15, 0.2) is 5.82 Å². The van der Waals surface area contributed by atoms with E-state index < -0.39 is 0 Å². The Balaban J connectivity index is 1.77. The number of nitrogens with one attached hydrogen (secondary N) is 2. The van der Waals surface area contributed by atoms with Crippen molar-refractivity contribution in [2.24, 2.45) is 5.92 Å². The maximum Gasteiger partial charge on any atom is 0.229 e. The van der Waals surface area contributed by atoms with Crippen molar-refractivity contribution in [3.05, 3.63) is 30.1 Å². The minimum absolute atomic E-state index is 0.0171. The Kier molecular flexibility index (Phi) is 3.66. The van der Waals surface area contributed by atoms with Crippen LogP contribution >= 0.6 is 0 Å². The molecule has 1 aliphatic rings. The topological polar surface area (TPSA) is 84.7 Å². The van der Waals surface area contributed by atoms with Crippen molar-refractivity contribution < 1.29 is 4.79 Å². The van der Waals surface area contributed by atoms with Crippen LogP contribution in [-0.4, -0.2) is 38.7 Å². The summed E-state index contributed by atoms with van der Waals surface area (Å²) in [4.78, 5) is 12.3. The van der Waals surface area contributed by atoms with Crippen LogP contribution in [-0.2, 0) is 4.79 Å². The van der Waals surface area contributed by atoms with Gasteiger partial charge in [-0.3, -0.25) is 4.79 Å². The Morgan fingerprint density at radius 3 is 3.00 bits per heavy atom. The molecule has 0 aliphatic carbocycles. The first kappa shape index (κ1) is 13.7. The fourth-order valence-electron chi connectivity index (χ4n) is 2.64. The molecule has 3 rings (SSSR count). The lowest BCUT2D eigenvalue weighted by Crippen LogP contribution is -2.32. The second kappa shape index (κ2) is 5.61. The van der Waals surface area contributed by atoms with Gasteiger partial charge in [0.2, 0.25) is 5.91 Å².